The molecule has 3 aromatic carbocycles. The second-order valence-electron chi connectivity index (χ2n) is 7.48. The number of imidazole rings is 1. The molecule has 0 unspecified atom stereocenters. The average Bonchev–Trinajstić information content (AvgIpc) is 3.21. The van der Waals surface area contributed by atoms with Gasteiger partial charge in [0, 0.05) is 25.1 Å². The van der Waals surface area contributed by atoms with Crippen molar-refractivity contribution in [3.8, 4) is 22.6 Å². The van der Waals surface area contributed by atoms with Crippen LogP contribution in [0.4, 0.5) is 5.82 Å². The fraction of sp³-hybridized carbons (Fsp3) is 0.120. The fourth-order valence-corrected chi connectivity index (χ4v) is 4.70. The SMILES string of the molecule is CC(=O)n1c(-c2ccccc2)nc(N(C)S(=O)(=O)c2ccc(C)cc2)c1-c1ccccc1. The highest BCUT2D eigenvalue weighted by Gasteiger charge is 2.30. The van der Waals surface area contributed by atoms with Crippen LogP contribution in [0.5, 0.6) is 0 Å². The minimum atomic E-state index is -3.90. The van der Waals surface area contributed by atoms with Gasteiger partial charge in [0.05, 0.1) is 4.90 Å². The van der Waals surface area contributed by atoms with Gasteiger partial charge in [-0.1, -0.05) is 78.4 Å². The lowest BCUT2D eigenvalue weighted by Crippen LogP contribution is -2.27. The molecule has 6 nitrogen and oxygen atoms in total. The van der Waals surface area contributed by atoms with Crippen molar-refractivity contribution >= 4 is 21.7 Å². The Bertz CT molecular complexity index is 1360. The molecule has 7 heteroatoms. The molecule has 0 saturated carbocycles. The van der Waals surface area contributed by atoms with E-state index in [0.717, 1.165) is 9.87 Å². The number of carbonyl (C=O) groups is 1. The van der Waals surface area contributed by atoms with E-state index in [4.69, 9.17) is 0 Å². The number of benzene rings is 3. The van der Waals surface area contributed by atoms with Crippen molar-refractivity contribution < 1.29 is 13.2 Å². The van der Waals surface area contributed by atoms with Crippen LogP contribution in [0.3, 0.4) is 0 Å². The van der Waals surface area contributed by atoms with Crippen LogP contribution < -0.4 is 4.31 Å². The maximum absolute atomic E-state index is 13.4. The summed E-state index contributed by atoms with van der Waals surface area (Å²) in [6, 6.07) is 25.1. The molecule has 0 amide bonds. The molecule has 0 radical (unpaired) electrons. The summed E-state index contributed by atoms with van der Waals surface area (Å²) in [5, 5.41) is 0. The number of hydrogen-bond donors (Lipinski definition) is 0. The Morgan fingerprint density at radius 1 is 0.844 bits per heavy atom. The number of aromatic nitrogens is 2. The largest absolute Gasteiger partial charge is 0.274 e. The van der Waals surface area contributed by atoms with Crippen molar-refractivity contribution in [2.75, 3.05) is 11.4 Å². The Balaban J connectivity index is 1.99. The highest BCUT2D eigenvalue weighted by molar-refractivity contribution is 7.92. The zero-order valence-corrected chi connectivity index (χ0v) is 18.9. The van der Waals surface area contributed by atoms with Gasteiger partial charge >= 0.3 is 0 Å². The van der Waals surface area contributed by atoms with Gasteiger partial charge in [-0.2, -0.15) is 0 Å². The van der Waals surface area contributed by atoms with E-state index in [1.54, 1.807) is 24.3 Å². The summed E-state index contributed by atoms with van der Waals surface area (Å²) in [6.07, 6.45) is 0. The second kappa shape index (κ2) is 8.43. The molecule has 0 atom stereocenters. The van der Waals surface area contributed by atoms with Gasteiger partial charge in [0.2, 0.25) is 5.91 Å². The average molecular weight is 446 g/mol. The summed E-state index contributed by atoms with van der Waals surface area (Å²) in [6.45, 7) is 3.34. The van der Waals surface area contributed by atoms with Gasteiger partial charge in [-0.3, -0.25) is 13.7 Å². The quantitative estimate of drug-likeness (QED) is 0.433. The van der Waals surface area contributed by atoms with E-state index >= 15 is 0 Å². The molecule has 0 saturated heterocycles. The van der Waals surface area contributed by atoms with Crippen LogP contribution in [0.15, 0.2) is 89.8 Å². The number of aryl methyl sites for hydroxylation is 1. The zero-order valence-electron chi connectivity index (χ0n) is 18.1. The van der Waals surface area contributed by atoms with Crippen molar-refractivity contribution in [2.45, 2.75) is 18.7 Å². The normalized spacial score (nSPS) is 11.3. The topological polar surface area (TPSA) is 72.3 Å². The smallest absolute Gasteiger partial charge is 0.265 e. The maximum atomic E-state index is 13.4. The van der Waals surface area contributed by atoms with Crippen LogP contribution in [0.2, 0.25) is 0 Å². The first-order chi connectivity index (χ1) is 15.3. The molecule has 1 aromatic heterocycles. The third-order valence-corrected chi connectivity index (χ3v) is 6.99. The molecule has 4 aromatic rings. The zero-order chi connectivity index (χ0) is 22.9. The van der Waals surface area contributed by atoms with E-state index in [1.165, 1.54) is 18.5 Å². The van der Waals surface area contributed by atoms with Crippen molar-refractivity contribution in [3.05, 3.63) is 90.5 Å². The van der Waals surface area contributed by atoms with E-state index in [1.807, 2.05) is 67.6 Å². The minimum absolute atomic E-state index is 0.156. The molecule has 0 aliphatic heterocycles. The Morgan fingerprint density at radius 2 is 1.38 bits per heavy atom. The summed E-state index contributed by atoms with van der Waals surface area (Å²) in [4.78, 5) is 17.6. The molecule has 0 N–H and O–H groups in total. The maximum Gasteiger partial charge on any atom is 0.265 e. The number of carbonyl (C=O) groups excluding carboxylic acids is 1. The Labute approximate surface area is 187 Å². The summed E-state index contributed by atoms with van der Waals surface area (Å²) < 4.78 is 29.5. The summed E-state index contributed by atoms with van der Waals surface area (Å²) in [7, 11) is -2.44. The first-order valence-corrected chi connectivity index (χ1v) is 11.5. The second-order valence-corrected chi connectivity index (χ2v) is 9.45. The molecule has 0 aliphatic carbocycles. The van der Waals surface area contributed by atoms with E-state index in [-0.39, 0.29) is 16.6 Å². The number of sulfonamides is 1. The van der Waals surface area contributed by atoms with Crippen molar-refractivity contribution in [1.82, 2.24) is 9.55 Å². The lowest BCUT2D eigenvalue weighted by atomic mass is 10.1. The predicted octanol–water partition coefficient (Wildman–Crippen LogP) is 5.01. The van der Waals surface area contributed by atoms with Gasteiger partial charge in [-0.15, -0.1) is 0 Å². The van der Waals surface area contributed by atoms with Crippen LogP contribution in [0.25, 0.3) is 22.6 Å². The van der Waals surface area contributed by atoms with Crippen LogP contribution >= 0.6 is 0 Å². The van der Waals surface area contributed by atoms with Gasteiger partial charge in [0.1, 0.15) is 11.5 Å². The highest BCUT2D eigenvalue weighted by atomic mass is 32.2. The van der Waals surface area contributed by atoms with E-state index in [0.29, 0.717) is 22.6 Å². The van der Waals surface area contributed by atoms with Crippen molar-refractivity contribution in [3.63, 3.8) is 0 Å². The lowest BCUT2D eigenvalue weighted by Gasteiger charge is -2.19. The first kappa shape index (κ1) is 21.5. The first-order valence-electron chi connectivity index (χ1n) is 10.1. The Morgan fingerprint density at radius 3 is 1.91 bits per heavy atom. The molecular formula is C25H23N3O3S. The lowest BCUT2D eigenvalue weighted by molar-refractivity contribution is 0.0940. The molecule has 162 valence electrons. The number of anilines is 1. The fourth-order valence-electron chi connectivity index (χ4n) is 3.55. The summed E-state index contributed by atoms with van der Waals surface area (Å²) >= 11 is 0. The van der Waals surface area contributed by atoms with Crippen LogP contribution in [0, 0.1) is 6.92 Å². The monoisotopic (exact) mass is 445 g/mol. The van der Waals surface area contributed by atoms with Gasteiger partial charge < -0.3 is 0 Å². The number of nitrogens with zero attached hydrogens (tertiary/aromatic N) is 3. The van der Waals surface area contributed by atoms with Gasteiger partial charge in [-0.05, 0) is 19.1 Å². The molecule has 0 bridgehead atoms. The van der Waals surface area contributed by atoms with E-state index < -0.39 is 10.0 Å². The predicted molar refractivity (Wildman–Crippen MR) is 126 cm³/mol. The molecular weight excluding hydrogens is 422 g/mol. The molecule has 1 heterocycles. The third kappa shape index (κ3) is 3.83. The van der Waals surface area contributed by atoms with Gasteiger partial charge in [-0.25, -0.2) is 13.4 Å². The molecule has 32 heavy (non-hydrogen) atoms. The van der Waals surface area contributed by atoms with Crippen molar-refractivity contribution in [1.29, 1.82) is 0 Å². The number of rotatable bonds is 5. The van der Waals surface area contributed by atoms with E-state index in [2.05, 4.69) is 4.98 Å². The third-order valence-electron chi connectivity index (χ3n) is 5.23. The Hall–Kier alpha value is -3.71. The minimum Gasteiger partial charge on any atom is -0.274 e. The standard InChI is InChI=1S/C25H23N3O3S/c1-18-14-16-22(17-15-18)32(30,31)27(3)25-23(20-10-6-4-7-11-20)28(19(2)29)24(26-25)21-12-8-5-9-13-21/h4-17H,1-3H3. The summed E-state index contributed by atoms with van der Waals surface area (Å²) in [5.41, 5.74) is 2.80. The van der Waals surface area contributed by atoms with Crippen molar-refractivity contribution in [2.24, 2.45) is 0 Å². The van der Waals surface area contributed by atoms with Gasteiger partial charge in [0.15, 0.2) is 5.82 Å². The van der Waals surface area contributed by atoms with Crippen LogP contribution in [-0.2, 0) is 10.0 Å². The van der Waals surface area contributed by atoms with Crippen LogP contribution in [0.1, 0.15) is 17.3 Å². The molecule has 0 fully saturated rings. The van der Waals surface area contributed by atoms with Crippen LogP contribution in [-0.4, -0.2) is 30.9 Å². The molecule has 4 rings (SSSR count). The highest BCUT2D eigenvalue weighted by Crippen LogP contribution is 2.37. The van der Waals surface area contributed by atoms with E-state index in [9.17, 15) is 13.2 Å². The molecule has 0 aliphatic rings. The number of hydrogen-bond acceptors (Lipinski definition) is 4. The summed E-state index contributed by atoms with van der Waals surface area (Å²) in [5.74, 6) is 0.311. The van der Waals surface area contributed by atoms with Gasteiger partial charge in [0.25, 0.3) is 10.0 Å². The molecule has 0 spiro atoms. The Kier molecular flexibility index (Phi) is 5.67.